The van der Waals surface area contributed by atoms with Crippen molar-refractivity contribution in [2.24, 2.45) is 0 Å². The molecule has 0 aliphatic rings. The molecule has 6 nitrogen and oxygen atoms in total. The number of nitriles is 2. The van der Waals surface area contributed by atoms with Crippen molar-refractivity contribution < 1.29 is 9.53 Å². The predicted molar refractivity (Wildman–Crippen MR) is 82.2 cm³/mol. The van der Waals surface area contributed by atoms with Crippen LogP contribution in [0.2, 0.25) is 0 Å². The summed E-state index contributed by atoms with van der Waals surface area (Å²) >= 11 is 5.08. The van der Waals surface area contributed by atoms with Gasteiger partial charge in [-0.25, -0.2) is 0 Å². The third kappa shape index (κ3) is 2.80. The zero-order valence-corrected chi connectivity index (χ0v) is 12.3. The highest BCUT2D eigenvalue weighted by Crippen LogP contribution is 2.31. The number of carbonyl (C=O) groups is 1. The number of nitrogen functional groups attached to an aromatic ring is 1. The summed E-state index contributed by atoms with van der Waals surface area (Å²) in [6.07, 6.45) is 0. The van der Waals surface area contributed by atoms with Crippen molar-refractivity contribution >= 4 is 24.0 Å². The number of H-pyrrole nitrogens is 1. The van der Waals surface area contributed by atoms with Crippen molar-refractivity contribution in [1.29, 1.82) is 10.5 Å². The normalized spacial score (nSPS) is 9.59. The van der Waals surface area contributed by atoms with Gasteiger partial charge in [0.25, 0.3) is 0 Å². The number of nitrogens with two attached hydrogens (primary N) is 1. The van der Waals surface area contributed by atoms with Crippen LogP contribution in [0.3, 0.4) is 0 Å². The molecule has 0 radical (unpaired) electrons. The second-order valence-corrected chi connectivity index (χ2v) is 4.74. The minimum Gasteiger partial charge on any atom is -0.427 e. The lowest BCUT2D eigenvalue weighted by Gasteiger charge is -2.10. The molecule has 7 heteroatoms. The first-order valence-corrected chi connectivity index (χ1v) is 6.53. The molecule has 0 atom stereocenters. The Kier molecular flexibility index (Phi) is 4.21. The number of aromatic nitrogens is 1. The fourth-order valence-corrected chi connectivity index (χ4v) is 2.25. The van der Waals surface area contributed by atoms with Gasteiger partial charge in [0.05, 0.1) is 5.56 Å². The summed E-state index contributed by atoms with van der Waals surface area (Å²) in [5, 5.41) is 18.6. The summed E-state index contributed by atoms with van der Waals surface area (Å²) in [6, 6.07) is 10.3. The van der Waals surface area contributed by atoms with Gasteiger partial charge in [-0.15, -0.1) is 0 Å². The zero-order chi connectivity index (χ0) is 16.3. The zero-order valence-electron chi connectivity index (χ0n) is 11.5. The van der Waals surface area contributed by atoms with Crippen molar-refractivity contribution in [2.45, 2.75) is 6.92 Å². The van der Waals surface area contributed by atoms with Crippen molar-refractivity contribution in [3.05, 3.63) is 40.0 Å². The van der Waals surface area contributed by atoms with E-state index in [2.05, 4.69) is 4.98 Å². The maximum absolute atomic E-state index is 10.9. The number of hydrogen-bond acceptors (Lipinski definition) is 6. The van der Waals surface area contributed by atoms with E-state index in [9.17, 15) is 15.3 Å². The minimum atomic E-state index is -0.436. The fourth-order valence-electron chi connectivity index (χ4n) is 1.99. The number of pyridine rings is 1. The number of ether oxygens (including phenoxy) is 1. The Hall–Kier alpha value is -3.16. The standard InChI is InChI=1S/C15H10N4O2S/c1-8(20)21-10-4-2-9(3-5-10)13-11(6-16)14(18)19-15(22)12(13)7-17/h2-5H,1H3,(H3,18,19,22). The van der Waals surface area contributed by atoms with Gasteiger partial charge >= 0.3 is 5.97 Å². The third-order valence-corrected chi connectivity index (χ3v) is 3.18. The van der Waals surface area contributed by atoms with Crippen molar-refractivity contribution in [1.82, 2.24) is 4.98 Å². The van der Waals surface area contributed by atoms with Gasteiger partial charge in [0, 0.05) is 12.5 Å². The summed E-state index contributed by atoms with van der Waals surface area (Å²) in [7, 11) is 0. The first-order valence-electron chi connectivity index (χ1n) is 6.12. The Morgan fingerprint density at radius 1 is 1.23 bits per heavy atom. The molecule has 0 fully saturated rings. The van der Waals surface area contributed by atoms with E-state index in [1.807, 2.05) is 12.1 Å². The van der Waals surface area contributed by atoms with Crippen LogP contribution in [0.1, 0.15) is 18.1 Å². The molecule has 3 N–H and O–H groups in total. The van der Waals surface area contributed by atoms with Crippen LogP contribution in [0.15, 0.2) is 24.3 Å². The second-order valence-electron chi connectivity index (χ2n) is 4.33. The molecule has 0 aliphatic carbocycles. The van der Waals surface area contributed by atoms with E-state index >= 15 is 0 Å². The highest BCUT2D eigenvalue weighted by Gasteiger charge is 2.16. The minimum absolute atomic E-state index is 0.102. The predicted octanol–water partition coefficient (Wildman–Crippen LogP) is 2.66. The van der Waals surface area contributed by atoms with Crippen LogP contribution in [-0.4, -0.2) is 11.0 Å². The summed E-state index contributed by atoms with van der Waals surface area (Å²) < 4.78 is 5.11. The highest BCUT2D eigenvalue weighted by molar-refractivity contribution is 7.71. The van der Waals surface area contributed by atoms with Gasteiger partial charge in [-0.1, -0.05) is 24.4 Å². The topological polar surface area (TPSA) is 116 Å². The smallest absolute Gasteiger partial charge is 0.308 e. The molecule has 1 aromatic carbocycles. The number of esters is 1. The number of nitrogens with zero attached hydrogens (tertiary/aromatic N) is 2. The quantitative estimate of drug-likeness (QED) is 0.500. The van der Waals surface area contributed by atoms with Crippen LogP contribution < -0.4 is 10.5 Å². The molecule has 1 aromatic heterocycles. The maximum Gasteiger partial charge on any atom is 0.308 e. The third-order valence-electron chi connectivity index (χ3n) is 2.87. The average molecular weight is 310 g/mol. The molecule has 0 unspecified atom stereocenters. The highest BCUT2D eigenvalue weighted by atomic mass is 32.1. The Morgan fingerprint density at radius 3 is 2.32 bits per heavy atom. The Bertz CT molecular complexity index is 886. The number of aromatic amines is 1. The van der Waals surface area contributed by atoms with Gasteiger partial charge in [0.1, 0.15) is 33.9 Å². The van der Waals surface area contributed by atoms with Crippen LogP contribution in [0.5, 0.6) is 5.75 Å². The monoisotopic (exact) mass is 310 g/mol. The maximum atomic E-state index is 10.9. The van der Waals surface area contributed by atoms with E-state index in [1.165, 1.54) is 6.92 Å². The van der Waals surface area contributed by atoms with Gasteiger partial charge in [0.15, 0.2) is 0 Å². The lowest BCUT2D eigenvalue weighted by molar-refractivity contribution is -0.131. The first kappa shape index (κ1) is 15.2. The number of hydrogen-bond donors (Lipinski definition) is 2. The Morgan fingerprint density at radius 2 is 1.82 bits per heavy atom. The number of nitrogens with one attached hydrogen (secondary N) is 1. The van der Waals surface area contributed by atoms with Crippen LogP contribution in [0.4, 0.5) is 5.82 Å². The molecule has 108 valence electrons. The van der Waals surface area contributed by atoms with Gasteiger partial charge in [0.2, 0.25) is 0 Å². The molecule has 1 heterocycles. The van der Waals surface area contributed by atoms with Gasteiger partial charge < -0.3 is 15.5 Å². The molecule has 2 rings (SSSR count). The van der Waals surface area contributed by atoms with E-state index in [0.717, 1.165) is 0 Å². The fraction of sp³-hybridized carbons (Fsp3) is 0.0667. The number of rotatable bonds is 2. The van der Waals surface area contributed by atoms with Crippen LogP contribution in [-0.2, 0) is 4.79 Å². The Balaban J connectivity index is 2.67. The lowest BCUT2D eigenvalue weighted by Crippen LogP contribution is -2.02. The molecule has 0 saturated carbocycles. The van der Waals surface area contributed by atoms with Gasteiger partial charge in [-0.2, -0.15) is 10.5 Å². The molecule has 0 aliphatic heterocycles. The Labute approximate surface area is 131 Å². The van der Waals surface area contributed by atoms with Gasteiger partial charge in [-0.3, -0.25) is 4.79 Å². The van der Waals surface area contributed by atoms with Crippen molar-refractivity contribution in [2.75, 3.05) is 5.73 Å². The largest absolute Gasteiger partial charge is 0.427 e. The molecule has 0 amide bonds. The van der Waals surface area contributed by atoms with Crippen molar-refractivity contribution in [3.8, 4) is 29.0 Å². The second kappa shape index (κ2) is 6.08. The van der Waals surface area contributed by atoms with Crippen LogP contribution in [0, 0.1) is 27.3 Å². The van der Waals surface area contributed by atoms with Crippen molar-refractivity contribution in [3.63, 3.8) is 0 Å². The van der Waals surface area contributed by atoms with E-state index in [0.29, 0.717) is 16.9 Å². The van der Waals surface area contributed by atoms with E-state index in [-0.39, 0.29) is 21.6 Å². The van der Waals surface area contributed by atoms with E-state index < -0.39 is 5.97 Å². The van der Waals surface area contributed by atoms with Gasteiger partial charge in [-0.05, 0) is 17.7 Å². The average Bonchev–Trinajstić information content (AvgIpc) is 2.47. The molecule has 0 saturated heterocycles. The van der Waals surface area contributed by atoms with E-state index in [4.69, 9.17) is 22.7 Å². The molecular formula is C15H10N4O2S. The first-order chi connectivity index (χ1) is 10.5. The molecule has 22 heavy (non-hydrogen) atoms. The SMILES string of the molecule is CC(=O)Oc1ccc(-c2c(C#N)c(N)[nH]c(=S)c2C#N)cc1. The lowest BCUT2D eigenvalue weighted by atomic mass is 9.97. The number of anilines is 1. The van der Waals surface area contributed by atoms with Crippen LogP contribution in [0.25, 0.3) is 11.1 Å². The molecule has 0 bridgehead atoms. The summed E-state index contributed by atoms with van der Waals surface area (Å²) in [5.41, 5.74) is 7.02. The summed E-state index contributed by atoms with van der Waals surface area (Å²) in [4.78, 5) is 13.6. The summed E-state index contributed by atoms with van der Waals surface area (Å²) in [5.74, 6) is 0.0301. The molecule has 0 spiro atoms. The van der Waals surface area contributed by atoms with Crippen LogP contribution >= 0.6 is 12.2 Å². The number of carbonyl (C=O) groups excluding carboxylic acids is 1. The van der Waals surface area contributed by atoms with E-state index in [1.54, 1.807) is 24.3 Å². The molecular weight excluding hydrogens is 300 g/mol. The molecule has 2 aromatic rings. The summed E-state index contributed by atoms with van der Waals surface area (Å²) in [6.45, 7) is 1.30. The number of benzene rings is 1.